The van der Waals surface area contributed by atoms with Crippen molar-refractivity contribution in [2.24, 2.45) is 0 Å². The number of carbonyl (C=O) groups excluding carboxylic acids is 1. The van der Waals surface area contributed by atoms with Gasteiger partial charge in [0, 0.05) is 48.7 Å². The minimum Gasteiger partial charge on any atom is -0.480 e. The Bertz CT molecular complexity index is 1420. The van der Waals surface area contributed by atoms with Gasteiger partial charge >= 0.3 is 24.3 Å². The number of ether oxygens (including phenoxy) is 1. The molecule has 4 rings (SSSR count). The second kappa shape index (κ2) is 14.4. The van der Waals surface area contributed by atoms with Crippen LogP contribution in [0.25, 0.3) is 10.8 Å². The van der Waals surface area contributed by atoms with E-state index in [9.17, 15) is 31.1 Å². The lowest BCUT2D eigenvalue weighted by Crippen LogP contribution is -2.45. The number of halogens is 6. The van der Waals surface area contributed by atoms with Crippen molar-refractivity contribution in [2.75, 3.05) is 50.6 Å². The summed E-state index contributed by atoms with van der Waals surface area (Å²) in [6.07, 6.45) is -8.55. The lowest BCUT2D eigenvalue weighted by Gasteiger charge is -2.33. The number of hydrogen-bond donors (Lipinski definition) is 3. The number of fused-ring (bicyclic) bond motifs is 1. The number of methoxy groups -OCH3 is 1. The first-order valence-electron chi connectivity index (χ1n) is 12.1. The molecule has 1 aliphatic rings. The van der Waals surface area contributed by atoms with Gasteiger partial charge in [-0.25, -0.2) is 14.6 Å². The molecule has 0 aliphatic carbocycles. The molecule has 0 atom stereocenters. The van der Waals surface area contributed by atoms with Gasteiger partial charge in [0.15, 0.2) is 5.82 Å². The lowest BCUT2D eigenvalue weighted by molar-refractivity contribution is -0.193. The molecule has 1 aromatic carbocycles. The minimum absolute atomic E-state index is 0.226. The van der Waals surface area contributed by atoms with Crippen LogP contribution in [0.1, 0.15) is 16.1 Å². The highest BCUT2D eigenvalue weighted by atomic mass is 19.4. The quantitative estimate of drug-likeness (QED) is 0.366. The maximum Gasteiger partial charge on any atom is 0.490 e. The first kappa shape index (κ1) is 34.5. The second-order valence-corrected chi connectivity index (χ2v) is 8.78. The van der Waals surface area contributed by atoms with Gasteiger partial charge in [-0.15, -0.1) is 5.10 Å². The van der Waals surface area contributed by atoms with Gasteiger partial charge in [-0.3, -0.25) is 4.79 Å². The monoisotopic (exact) mass is 620 g/mol. The molecular formula is C25H26F6N6O6. The first-order chi connectivity index (χ1) is 19.9. The van der Waals surface area contributed by atoms with Gasteiger partial charge in [-0.2, -0.15) is 31.4 Å². The third-order valence-corrected chi connectivity index (χ3v) is 5.71. The number of aryl methyl sites for hydroxylation is 1. The summed E-state index contributed by atoms with van der Waals surface area (Å²) < 4.78 is 68.7. The number of carbonyl (C=O) groups is 3. The summed E-state index contributed by atoms with van der Waals surface area (Å²) >= 11 is 0. The zero-order valence-electron chi connectivity index (χ0n) is 22.8. The van der Waals surface area contributed by atoms with Crippen molar-refractivity contribution in [3.8, 4) is 5.88 Å². The number of carboxylic acid groups (broad SMARTS) is 2. The smallest absolute Gasteiger partial charge is 0.480 e. The lowest BCUT2D eigenvalue weighted by atomic mass is 10.1. The topological polar surface area (TPSA) is 158 Å². The van der Waals surface area contributed by atoms with E-state index in [-0.39, 0.29) is 5.91 Å². The van der Waals surface area contributed by atoms with Gasteiger partial charge in [0.05, 0.1) is 12.8 Å². The number of alkyl halides is 6. The number of piperazine rings is 1. The Balaban J connectivity index is 0.000000384. The maximum atomic E-state index is 12.8. The Morgan fingerprint density at radius 1 is 0.907 bits per heavy atom. The molecular weight excluding hydrogens is 594 g/mol. The van der Waals surface area contributed by atoms with E-state index >= 15 is 0 Å². The third-order valence-electron chi connectivity index (χ3n) is 5.71. The van der Waals surface area contributed by atoms with E-state index in [4.69, 9.17) is 24.5 Å². The number of benzene rings is 1. The summed E-state index contributed by atoms with van der Waals surface area (Å²) in [6.45, 7) is 5.71. The molecule has 43 heavy (non-hydrogen) atoms. The Morgan fingerprint density at radius 3 is 1.98 bits per heavy atom. The van der Waals surface area contributed by atoms with E-state index < -0.39 is 24.3 Å². The summed E-state index contributed by atoms with van der Waals surface area (Å²) in [7, 11) is 3.65. The van der Waals surface area contributed by atoms with E-state index in [0.717, 1.165) is 48.5 Å². The van der Waals surface area contributed by atoms with Crippen LogP contribution in [0.5, 0.6) is 5.88 Å². The number of pyridine rings is 1. The zero-order chi connectivity index (χ0) is 32.5. The van der Waals surface area contributed by atoms with Crippen LogP contribution in [0.2, 0.25) is 0 Å². The number of nitrogens with one attached hydrogen (secondary N) is 1. The molecule has 0 bridgehead atoms. The molecule has 0 radical (unpaired) electrons. The Hall–Kier alpha value is -4.74. The summed E-state index contributed by atoms with van der Waals surface area (Å²) in [6, 6.07) is 9.16. The van der Waals surface area contributed by atoms with E-state index in [0.29, 0.717) is 17.1 Å². The van der Waals surface area contributed by atoms with Crippen molar-refractivity contribution in [3.63, 3.8) is 0 Å². The number of anilines is 2. The van der Waals surface area contributed by atoms with Crippen LogP contribution in [0.15, 0.2) is 36.5 Å². The average Bonchev–Trinajstić information content (AvgIpc) is 2.93. The largest absolute Gasteiger partial charge is 0.490 e. The van der Waals surface area contributed by atoms with Crippen molar-refractivity contribution >= 4 is 40.1 Å². The molecule has 3 heterocycles. The Morgan fingerprint density at radius 2 is 1.47 bits per heavy atom. The fourth-order valence-corrected chi connectivity index (χ4v) is 3.50. The molecule has 0 saturated carbocycles. The van der Waals surface area contributed by atoms with E-state index in [2.05, 4.69) is 37.3 Å². The summed E-state index contributed by atoms with van der Waals surface area (Å²) in [4.78, 5) is 39.3. The van der Waals surface area contributed by atoms with Crippen molar-refractivity contribution < 1.29 is 55.7 Å². The minimum atomic E-state index is -5.08. The number of rotatable bonds is 4. The highest BCUT2D eigenvalue weighted by molar-refractivity contribution is 6.08. The summed E-state index contributed by atoms with van der Waals surface area (Å²) in [5.41, 5.74) is 1.87. The molecule has 1 aliphatic heterocycles. The molecule has 3 aromatic rings. The fraction of sp³-hybridized carbons (Fsp3) is 0.360. The van der Waals surface area contributed by atoms with Crippen LogP contribution in [0.4, 0.5) is 37.8 Å². The van der Waals surface area contributed by atoms with E-state index in [1.54, 1.807) is 18.3 Å². The average molecular weight is 621 g/mol. The Labute approximate surface area is 239 Å². The number of nitrogens with zero attached hydrogens (tertiary/aromatic N) is 5. The van der Waals surface area contributed by atoms with Gasteiger partial charge in [-0.1, -0.05) is 0 Å². The standard InChI is InChI=1S/C21H24N6O2.2C2HF3O2/c1-14-17-13-15(20(28)23-18-5-4-8-22-21(18)29-3)6-7-16(17)19(25-24-14)27-11-9-26(2)10-12-27;2*3-2(4,5)1(6)7/h4-8,13H,9-12H2,1-3H3,(H,23,28);2*(H,6,7). The summed E-state index contributed by atoms with van der Waals surface area (Å²) in [5, 5.41) is 27.9. The molecule has 18 heteroatoms. The highest BCUT2D eigenvalue weighted by Gasteiger charge is 2.38. The highest BCUT2D eigenvalue weighted by Crippen LogP contribution is 2.28. The van der Waals surface area contributed by atoms with Crippen LogP contribution < -0.4 is 15.0 Å². The number of carboxylic acids is 2. The molecule has 2 aromatic heterocycles. The molecule has 1 saturated heterocycles. The van der Waals surface area contributed by atoms with E-state index in [1.807, 2.05) is 25.1 Å². The predicted molar refractivity (Wildman–Crippen MR) is 140 cm³/mol. The van der Waals surface area contributed by atoms with E-state index in [1.165, 1.54) is 7.11 Å². The van der Waals surface area contributed by atoms with Crippen LogP contribution in [0.3, 0.4) is 0 Å². The van der Waals surface area contributed by atoms with Gasteiger partial charge < -0.3 is 30.1 Å². The third kappa shape index (κ3) is 9.94. The summed E-state index contributed by atoms with van der Waals surface area (Å²) in [5.74, 6) is -4.49. The number of likely N-dealkylation sites (N-methyl/N-ethyl adjacent to an activating group) is 1. The first-order valence-corrected chi connectivity index (χ1v) is 12.1. The second-order valence-electron chi connectivity index (χ2n) is 8.78. The molecule has 0 spiro atoms. The Kier molecular flexibility index (Phi) is 11.6. The van der Waals surface area contributed by atoms with Crippen molar-refractivity contribution in [1.29, 1.82) is 0 Å². The predicted octanol–water partition coefficient (Wildman–Crippen LogP) is 3.61. The van der Waals surface area contributed by atoms with Crippen LogP contribution >= 0.6 is 0 Å². The normalized spacial score (nSPS) is 13.7. The van der Waals surface area contributed by atoms with Crippen LogP contribution in [0, 0.1) is 6.92 Å². The molecule has 234 valence electrons. The van der Waals surface area contributed by atoms with Crippen molar-refractivity contribution in [2.45, 2.75) is 19.3 Å². The van der Waals surface area contributed by atoms with Gasteiger partial charge in [0.1, 0.15) is 5.69 Å². The molecule has 1 amide bonds. The van der Waals surface area contributed by atoms with Gasteiger partial charge in [0.25, 0.3) is 5.91 Å². The maximum absolute atomic E-state index is 12.8. The molecule has 1 fully saturated rings. The number of hydrogen-bond acceptors (Lipinski definition) is 9. The van der Waals surface area contributed by atoms with Crippen LogP contribution in [-0.2, 0) is 9.59 Å². The SMILES string of the molecule is COc1ncccc1NC(=O)c1ccc2c(N3CCN(C)CC3)nnc(C)c2c1.O=C(O)C(F)(F)F.O=C(O)C(F)(F)F. The van der Waals surface area contributed by atoms with Crippen molar-refractivity contribution in [1.82, 2.24) is 20.1 Å². The fourth-order valence-electron chi connectivity index (χ4n) is 3.50. The van der Waals surface area contributed by atoms with Crippen LogP contribution in [-0.4, -0.2) is 101 Å². The molecule has 12 nitrogen and oxygen atoms in total. The number of amides is 1. The molecule has 0 unspecified atom stereocenters. The number of aromatic nitrogens is 3. The van der Waals surface area contributed by atoms with Gasteiger partial charge in [0.2, 0.25) is 5.88 Å². The molecule has 3 N–H and O–H groups in total. The van der Waals surface area contributed by atoms with Crippen molar-refractivity contribution in [3.05, 3.63) is 47.8 Å². The number of aliphatic carboxylic acids is 2. The zero-order valence-corrected chi connectivity index (χ0v) is 22.8. The van der Waals surface area contributed by atoms with Gasteiger partial charge in [-0.05, 0) is 44.3 Å².